The summed E-state index contributed by atoms with van der Waals surface area (Å²) in [5.41, 5.74) is -0.508. The van der Waals surface area contributed by atoms with E-state index in [4.69, 9.17) is 37.7 Å². The van der Waals surface area contributed by atoms with Crippen LogP contribution in [0.2, 0.25) is 0 Å². The Morgan fingerprint density at radius 1 is 0.900 bits per heavy atom. The maximum absolute atomic E-state index is 14.0. The summed E-state index contributed by atoms with van der Waals surface area (Å²) in [6.45, 7) is 11.6. The molecule has 19 nitrogen and oxygen atoms in total. The Morgan fingerprint density at radius 3 is 2.04 bits per heavy atom. The minimum atomic E-state index is -1.85. The van der Waals surface area contributed by atoms with Crippen LogP contribution in [0.1, 0.15) is 70.9 Å². The number of methoxy groups -OCH3 is 3. The number of hydrogen-bond acceptors (Lipinski definition) is 15. The van der Waals surface area contributed by atoms with Gasteiger partial charge in [-0.25, -0.2) is 9.78 Å². The van der Waals surface area contributed by atoms with Gasteiger partial charge in [0.1, 0.15) is 55.5 Å². The highest BCUT2D eigenvalue weighted by Gasteiger charge is 2.52. The number of amides is 2. The number of nitrogens with zero attached hydrogens (tertiary/aromatic N) is 6. The Labute approximate surface area is 410 Å². The van der Waals surface area contributed by atoms with Crippen LogP contribution < -0.4 is 20.3 Å². The van der Waals surface area contributed by atoms with Crippen LogP contribution in [0.15, 0.2) is 90.0 Å². The fourth-order valence-corrected chi connectivity index (χ4v) is 10.6. The molecule has 0 radical (unpaired) electrons. The van der Waals surface area contributed by atoms with Crippen LogP contribution in [0.25, 0.3) is 11.2 Å². The largest absolute Gasteiger partial charge is 0.497 e. The molecule has 1 saturated heterocycles. The van der Waals surface area contributed by atoms with Gasteiger partial charge < -0.3 is 42.6 Å². The quantitative estimate of drug-likeness (QED) is 0.0286. The zero-order chi connectivity index (χ0) is 50.8. The van der Waals surface area contributed by atoms with E-state index in [9.17, 15) is 19.6 Å². The number of aromatic amines is 1. The molecule has 3 aromatic carbocycles. The maximum atomic E-state index is 14.0. The molecular weight excluding hydrogens is 920 g/mol. The van der Waals surface area contributed by atoms with Gasteiger partial charge in [-0.15, -0.1) is 0 Å². The van der Waals surface area contributed by atoms with Gasteiger partial charge >= 0.3 is 12.0 Å². The molecule has 2 amide bonds. The van der Waals surface area contributed by atoms with Crippen molar-refractivity contribution in [3.63, 3.8) is 0 Å². The molecule has 2 unspecified atom stereocenters. The molecular formula is C50H65N8O11P. The van der Waals surface area contributed by atoms with Gasteiger partial charge in [0.15, 0.2) is 17.4 Å². The summed E-state index contributed by atoms with van der Waals surface area (Å²) in [6, 6.07) is 26.5. The van der Waals surface area contributed by atoms with E-state index in [2.05, 4.69) is 31.0 Å². The molecule has 2 aromatic heterocycles. The van der Waals surface area contributed by atoms with Crippen LogP contribution in [0.5, 0.6) is 11.5 Å². The van der Waals surface area contributed by atoms with Crippen molar-refractivity contribution in [2.75, 3.05) is 66.7 Å². The molecule has 1 aliphatic heterocycles. The van der Waals surface area contributed by atoms with Gasteiger partial charge in [-0.1, -0.05) is 54.6 Å². The fraction of sp³-hybridized carbons (Fsp3) is 0.480. The molecule has 5 atom stereocenters. The second-order valence-electron chi connectivity index (χ2n) is 18.0. The Kier molecular flexibility index (Phi) is 18.1. The number of rotatable bonds is 23. The normalized spacial score (nSPS) is 17.7. The zero-order valence-electron chi connectivity index (χ0n) is 41.7. The first kappa shape index (κ1) is 53.4. The van der Waals surface area contributed by atoms with E-state index in [0.717, 1.165) is 16.7 Å². The van der Waals surface area contributed by atoms with Gasteiger partial charge in [-0.2, -0.15) is 10.2 Å². The average Bonchev–Trinajstić information content (AvgIpc) is 3.90. The molecule has 0 aliphatic carbocycles. The molecule has 3 heterocycles. The van der Waals surface area contributed by atoms with Crippen LogP contribution in [-0.4, -0.2) is 138 Å². The summed E-state index contributed by atoms with van der Waals surface area (Å²) in [5.74, 6) is 0.646. The molecule has 376 valence electrons. The van der Waals surface area contributed by atoms with Gasteiger partial charge in [0, 0.05) is 33.3 Å². The molecule has 0 saturated carbocycles. The molecule has 6 rings (SSSR count). The van der Waals surface area contributed by atoms with Gasteiger partial charge in [0.2, 0.25) is 5.95 Å². The number of imidazole rings is 1. The monoisotopic (exact) mass is 984 g/mol. The summed E-state index contributed by atoms with van der Waals surface area (Å²) in [4.78, 5) is 53.3. The van der Waals surface area contributed by atoms with E-state index in [-0.39, 0.29) is 61.6 Å². The Balaban J connectivity index is 1.55. The Morgan fingerprint density at radius 2 is 1.50 bits per heavy atom. The topological polar surface area (TPSA) is 214 Å². The first-order chi connectivity index (χ1) is 33.5. The maximum Gasteiger partial charge on any atom is 0.323 e. The van der Waals surface area contributed by atoms with Crippen LogP contribution >= 0.6 is 8.30 Å². The number of ether oxygens (including phenoxy) is 7. The number of H-pyrrole nitrogens is 1. The summed E-state index contributed by atoms with van der Waals surface area (Å²) in [7, 11) is 6.04. The fourth-order valence-electron chi connectivity index (χ4n) is 8.41. The first-order valence-electron chi connectivity index (χ1n) is 23.0. The van der Waals surface area contributed by atoms with Crippen molar-refractivity contribution >= 4 is 37.4 Å². The van der Waals surface area contributed by atoms with E-state index < -0.39 is 61.6 Å². The third kappa shape index (κ3) is 12.3. The number of anilines is 1. The predicted octanol–water partition coefficient (Wildman–Crippen LogP) is 7.22. The van der Waals surface area contributed by atoms with Crippen LogP contribution in [-0.2, 0) is 38.6 Å². The van der Waals surface area contributed by atoms with Crippen LogP contribution in [0, 0.1) is 11.3 Å². The van der Waals surface area contributed by atoms with Crippen molar-refractivity contribution in [1.82, 2.24) is 29.1 Å². The number of hydrogen-bond donors (Lipinski definition) is 2. The van der Waals surface area contributed by atoms with Crippen LogP contribution in [0.3, 0.4) is 0 Å². The van der Waals surface area contributed by atoms with Crippen molar-refractivity contribution in [2.45, 2.75) is 95.8 Å². The molecule has 1 aliphatic rings. The number of carbonyl (C=O) groups excluding carboxylic acids is 2. The van der Waals surface area contributed by atoms with E-state index >= 15 is 0 Å². The van der Waals surface area contributed by atoms with Gasteiger partial charge in [0.25, 0.3) is 5.56 Å². The number of nitriles is 1. The molecule has 5 aromatic rings. The third-order valence-corrected chi connectivity index (χ3v) is 14.0. The molecule has 0 bridgehead atoms. The van der Waals surface area contributed by atoms with E-state index in [0.29, 0.717) is 11.5 Å². The molecule has 0 spiro atoms. The number of urea groups is 1. The van der Waals surface area contributed by atoms with E-state index in [1.165, 1.54) is 11.2 Å². The number of carbonyl (C=O) groups is 2. The second kappa shape index (κ2) is 23.8. The van der Waals surface area contributed by atoms with Crippen LogP contribution in [0.4, 0.5) is 10.7 Å². The lowest BCUT2D eigenvalue weighted by atomic mass is 9.80. The van der Waals surface area contributed by atoms with Crippen molar-refractivity contribution in [1.29, 1.82) is 5.26 Å². The third-order valence-electron chi connectivity index (χ3n) is 11.6. The van der Waals surface area contributed by atoms with Crippen molar-refractivity contribution in [3.05, 3.63) is 112 Å². The van der Waals surface area contributed by atoms with Gasteiger partial charge in [-0.3, -0.25) is 29.1 Å². The number of esters is 1. The lowest BCUT2D eigenvalue weighted by Crippen LogP contribution is -2.43. The minimum absolute atomic E-state index is 0.00953. The number of nitrogens with one attached hydrogen (secondary N) is 2. The molecule has 1 fully saturated rings. The van der Waals surface area contributed by atoms with E-state index in [1.807, 2.05) is 107 Å². The van der Waals surface area contributed by atoms with Gasteiger partial charge in [0.05, 0.1) is 52.9 Å². The number of fused-ring (bicyclic) bond motifs is 1. The standard InChI is InChI=1S/C50H65N8O11P/c1-32(2)58(33(3)4)70(30-40(59)68-49(5,6)25-26-51)69-42-39(67-46(43(42)65-28-27-62-9)57-31-52-41-44(57)53-47(54-45(41)60)55-48(61)56(7)8)29-66-50(34-15-13-12-14-16-34,35-17-21-37(63-10)22-18-35)36-19-23-38(64-11)24-20-36/h12-24,31-33,39,42-43,46H,25,27-30H2,1-11H3,(H2,53,54,55,60,61)/t39-,42?,43+,46-,70?/m1/s1. The smallest absolute Gasteiger partial charge is 0.323 e. The van der Waals surface area contributed by atoms with Crippen molar-refractivity contribution < 1.29 is 47.3 Å². The summed E-state index contributed by atoms with van der Waals surface area (Å²) < 4.78 is 54.9. The number of benzene rings is 3. The summed E-state index contributed by atoms with van der Waals surface area (Å²) in [5, 5.41) is 12.1. The highest BCUT2D eigenvalue weighted by Crippen LogP contribution is 2.51. The second-order valence-corrected chi connectivity index (χ2v) is 19.7. The SMILES string of the molecule is COCCO[C@H]1C(OP(CC(=O)OC(C)(C)CC#N)N(C(C)C)C(C)C)[C@@H](COC(c2ccccc2)(c2ccc(OC)cc2)c2ccc(OC)cc2)O[C@H]1n1cnc2c(=O)[nH]c(NC(=O)N(C)C)nc21. The first-order valence-corrected chi connectivity index (χ1v) is 24.4. The summed E-state index contributed by atoms with van der Waals surface area (Å²) >= 11 is 0. The van der Waals surface area contributed by atoms with E-state index in [1.54, 1.807) is 53.8 Å². The highest BCUT2D eigenvalue weighted by molar-refractivity contribution is 7.51. The Hall–Kier alpha value is -5.97. The predicted molar refractivity (Wildman–Crippen MR) is 264 cm³/mol. The zero-order valence-corrected chi connectivity index (χ0v) is 42.6. The average molecular weight is 985 g/mol. The molecule has 70 heavy (non-hydrogen) atoms. The minimum Gasteiger partial charge on any atom is -0.497 e. The highest BCUT2D eigenvalue weighted by atomic mass is 31.2. The van der Waals surface area contributed by atoms with Crippen molar-refractivity contribution in [3.8, 4) is 17.6 Å². The number of aromatic nitrogens is 4. The summed E-state index contributed by atoms with van der Waals surface area (Å²) in [6.07, 6.45) is -2.74. The Bertz CT molecular complexity index is 2550. The van der Waals surface area contributed by atoms with Gasteiger partial charge in [-0.05, 0) is 82.5 Å². The lowest BCUT2D eigenvalue weighted by Gasteiger charge is -2.40. The van der Waals surface area contributed by atoms with Crippen molar-refractivity contribution in [2.24, 2.45) is 0 Å². The lowest BCUT2D eigenvalue weighted by molar-refractivity contribution is -0.152. The molecule has 20 heteroatoms. The molecule has 2 N–H and O–H groups in total.